The van der Waals surface area contributed by atoms with E-state index in [1.807, 2.05) is 0 Å². The highest BCUT2D eigenvalue weighted by Gasteiger charge is 2.21. The summed E-state index contributed by atoms with van der Waals surface area (Å²) in [5, 5.41) is 22.6. The maximum absolute atomic E-state index is 12.9. The number of amides is 1. The Bertz CT molecular complexity index is 808. The van der Waals surface area contributed by atoms with Crippen LogP contribution in [0.15, 0.2) is 42.5 Å². The summed E-state index contributed by atoms with van der Waals surface area (Å²) in [6, 6.07) is 9.14. The molecule has 0 aliphatic heterocycles. The molecule has 2 aromatic rings. The summed E-state index contributed by atoms with van der Waals surface area (Å²) in [6.45, 7) is 1.17. The Morgan fingerprint density at radius 1 is 1.11 bits per heavy atom. The van der Waals surface area contributed by atoms with E-state index in [0.717, 1.165) is 12.1 Å². The first-order valence-corrected chi connectivity index (χ1v) is 8.08. The molecule has 0 heterocycles. The summed E-state index contributed by atoms with van der Waals surface area (Å²) in [5.74, 6) is -1.25. The Labute approximate surface area is 155 Å². The van der Waals surface area contributed by atoms with Crippen LogP contribution in [0, 0.1) is 5.82 Å². The van der Waals surface area contributed by atoms with Crippen molar-refractivity contribution >= 4 is 11.9 Å². The average molecular weight is 377 g/mol. The molecule has 0 aromatic heterocycles. The van der Waals surface area contributed by atoms with Crippen LogP contribution in [0.4, 0.5) is 4.39 Å². The lowest BCUT2D eigenvalue weighted by molar-refractivity contribution is -0.119. The number of halogens is 1. The van der Waals surface area contributed by atoms with Gasteiger partial charge in [-0.3, -0.25) is 4.79 Å². The minimum atomic E-state index is -1.28. The van der Waals surface area contributed by atoms with E-state index in [4.69, 9.17) is 9.47 Å². The molecule has 0 saturated heterocycles. The number of hydrogen-bond donors (Lipinski definition) is 3. The second-order valence-electron chi connectivity index (χ2n) is 5.76. The van der Waals surface area contributed by atoms with Gasteiger partial charge in [0.15, 0.2) is 11.5 Å². The molecule has 2 unspecified atom stereocenters. The Balaban J connectivity index is 2.14. The molecule has 3 N–H and O–H groups in total. The third-order valence-electron chi connectivity index (χ3n) is 3.74. The predicted octanol–water partition coefficient (Wildman–Crippen LogP) is 1.58. The van der Waals surface area contributed by atoms with Crippen molar-refractivity contribution in [2.45, 2.75) is 19.1 Å². The van der Waals surface area contributed by atoms with Gasteiger partial charge in [-0.15, -0.1) is 0 Å². The molecule has 1 amide bonds. The largest absolute Gasteiger partial charge is 0.493 e. The fourth-order valence-corrected chi connectivity index (χ4v) is 2.28. The molecule has 0 aliphatic carbocycles. The predicted molar refractivity (Wildman–Crippen MR) is 94.0 cm³/mol. The van der Waals surface area contributed by atoms with Crippen LogP contribution in [0.3, 0.4) is 0 Å². The van der Waals surface area contributed by atoms with E-state index >= 15 is 0 Å². The Morgan fingerprint density at radius 3 is 2.37 bits per heavy atom. The van der Waals surface area contributed by atoms with Gasteiger partial charge in [0.2, 0.25) is 5.91 Å². The Kier molecular flexibility index (Phi) is 6.86. The molecule has 0 radical (unpaired) electrons. The number of rotatable bonds is 7. The molecule has 8 heteroatoms. The third kappa shape index (κ3) is 5.50. The Hall–Kier alpha value is -2.97. The molecule has 7 nitrogen and oxygen atoms in total. The summed E-state index contributed by atoms with van der Waals surface area (Å²) < 4.78 is 23.4. The fourth-order valence-electron chi connectivity index (χ4n) is 2.28. The van der Waals surface area contributed by atoms with Gasteiger partial charge >= 0.3 is 5.97 Å². The van der Waals surface area contributed by atoms with Crippen molar-refractivity contribution in [3.8, 4) is 11.5 Å². The standard InChI is InChI=1S/C19H20FNO6/c1-11(22)21-10-15(23)18(24)13-5-8-16(17(9-13)26-2)27-19(25)12-3-6-14(20)7-4-12/h3-9,15,18,23-24H,10H2,1-2H3,(H,21,22). The quantitative estimate of drug-likeness (QED) is 0.500. The van der Waals surface area contributed by atoms with Crippen LogP contribution in [0.2, 0.25) is 0 Å². The molecule has 0 spiro atoms. The van der Waals surface area contributed by atoms with Crippen molar-refractivity contribution in [1.29, 1.82) is 0 Å². The summed E-state index contributed by atoms with van der Waals surface area (Å²) in [7, 11) is 1.36. The number of carbonyl (C=O) groups excluding carboxylic acids is 2. The maximum Gasteiger partial charge on any atom is 0.343 e. The lowest BCUT2D eigenvalue weighted by Crippen LogP contribution is -2.34. The van der Waals surface area contributed by atoms with E-state index in [2.05, 4.69) is 5.32 Å². The number of nitrogens with one attached hydrogen (secondary N) is 1. The van der Waals surface area contributed by atoms with Gasteiger partial charge < -0.3 is 25.0 Å². The van der Waals surface area contributed by atoms with Gasteiger partial charge in [-0.1, -0.05) is 6.07 Å². The number of hydrogen-bond acceptors (Lipinski definition) is 6. The number of aliphatic hydroxyl groups excluding tert-OH is 2. The summed E-state index contributed by atoms with van der Waals surface area (Å²) in [4.78, 5) is 23.0. The summed E-state index contributed by atoms with van der Waals surface area (Å²) in [6.07, 6.45) is -2.51. The van der Waals surface area contributed by atoms with Crippen molar-refractivity contribution in [2.75, 3.05) is 13.7 Å². The fraction of sp³-hybridized carbons (Fsp3) is 0.263. The van der Waals surface area contributed by atoms with Crippen molar-refractivity contribution in [2.24, 2.45) is 0 Å². The first kappa shape index (κ1) is 20.3. The van der Waals surface area contributed by atoms with E-state index in [0.29, 0.717) is 5.56 Å². The number of carbonyl (C=O) groups is 2. The average Bonchev–Trinajstić information content (AvgIpc) is 2.66. The van der Waals surface area contributed by atoms with Crippen molar-refractivity contribution in [3.05, 3.63) is 59.4 Å². The molecule has 0 fully saturated rings. The maximum atomic E-state index is 12.9. The normalized spacial score (nSPS) is 12.8. The first-order chi connectivity index (χ1) is 12.8. The topological polar surface area (TPSA) is 105 Å². The van der Waals surface area contributed by atoms with E-state index in [1.165, 1.54) is 44.4 Å². The minimum Gasteiger partial charge on any atom is -0.493 e. The zero-order valence-corrected chi connectivity index (χ0v) is 14.8. The van der Waals surface area contributed by atoms with E-state index in [-0.39, 0.29) is 29.5 Å². The van der Waals surface area contributed by atoms with E-state index in [9.17, 15) is 24.2 Å². The van der Waals surface area contributed by atoms with Crippen molar-refractivity contribution in [1.82, 2.24) is 5.32 Å². The number of aliphatic hydroxyl groups is 2. The van der Waals surface area contributed by atoms with Gasteiger partial charge in [0.05, 0.1) is 12.7 Å². The van der Waals surface area contributed by atoms with E-state index in [1.54, 1.807) is 0 Å². The van der Waals surface area contributed by atoms with Crippen LogP contribution in [0.5, 0.6) is 11.5 Å². The zero-order valence-electron chi connectivity index (χ0n) is 14.8. The molecule has 144 valence electrons. The monoisotopic (exact) mass is 377 g/mol. The molecule has 2 aromatic carbocycles. The van der Waals surface area contributed by atoms with Crippen molar-refractivity contribution in [3.63, 3.8) is 0 Å². The highest BCUT2D eigenvalue weighted by molar-refractivity contribution is 5.91. The minimum absolute atomic E-state index is 0.0964. The smallest absolute Gasteiger partial charge is 0.343 e. The number of benzene rings is 2. The van der Waals surface area contributed by atoms with Gasteiger partial charge in [-0.25, -0.2) is 9.18 Å². The Morgan fingerprint density at radius 2 is 1.78 bits per heavy atom. The van der Waals surface area contributed by atoms with Crippen LogP contribution in [0.25, 0.3) is 0 Å². The van der Waals surface area contributed by atoms with Gasteiger partial charge in [0, 0.05) is 13.5 Å². The number of esters is 1. The summed E-state index contributed by atoms with van der Waals surface area (Å²) >= 11 is 0. The molecule has 0 bridgehead atoms. The highest BCUT2D eigenvalue weighted by Crippen LogP contribution is 2.31. The van der Waals surface area contributed by atoms with E-state index < -0.39 is 24.0 Å². The van der Waals surface area contributed by atoms with Crippen LogP contribution in [0.1, 0.15) is 28.9 Å². The summed E-state index contributed by atoms with van der Waals surface area (Å²) in [5.41, 5.74) is 0.472. The van der Waals surface area contributed by atoms with Gasteiger partial charge in [0.1, 0.15) is 18.0 Å². The second-order valence-corrected chi connectivity index (χ2v) is 5.76. The van der Waals surface area contributed by atoms with Crippen LogP contribution >= 0.6 is 0 Å². The lowest BCUT2D eigenvalue weighted by Gasteiger charge is -2.19. The van der Waals surface area contributed by atoms with Crippen LogP contribution in [-0.2, 0) is 4.79 Å². The van der Waals surface area contributed by atoms with Gasteiger partial charge in [0.25, 0.3) is 0 Å². The second kappa shape index (κ2) is 9.11. The molecular weight excluding hydrogens is 357 g/mol. The lowest BCUT2D eigenvalue weighted by atomic mass is 10.0. The molecule has 0 aliphatic rings. The van der Waals surface area contributed by atoms with Gasteiger partial charge in [-0.2, -0.15) is 0 Å². The third-order valence-corrected chi connectivity index (χ3v) is 3.74. The van der Waals surface area contributed by atoms with Crippen molar-refractivity contribution < 1.29 is 33.7 Å². The number of ether oxygens (including phenoxy) is 2. The molecule has 2 rings (SSSR count). The SMILES string of the molecule is COc1cc(C(O)C(O)CNC(C)=O)ccc1OC(=O)c1ccc(F)cc1. The number of methoxy groups -OCH3 is 1. The highest BCUT2D eigenvalue weighted by atomic mass is 19.1. The van der Waals surface area contributed by atoms with Crippen LogP contribution < -0.4 is 14.8 Å². The molecule has 27 heavy (non-hydrogen) atoms. The zero-order chi connectivity index (χ0) is 20.0. The molecule has 2 atom stereocenters. The van der Waals surface area contributed by atoms with Crippen LogP contribution in [-0.4, -0.2) is 41.8 Å². The first-order valence-electron chi connectivity index (χ1n) is 8.08. The molecular formula is C19H20FNO6. The molecule has 0 saturated carbocycles. The van der Waals surface area contributed by atoms with Gasteiger partial charge in [-0.05, 0) is 42.0 Å².